The second-order valence-corrected chi connectivity index (χ2v) is 4.74. The summed E-state index contributed by atoms with van der Waals surface area (Å²) in [5, 5.41) is 19.0. The van der Waals surface area contributed by atoms with Gasteiger partial charge < -0.3 is 20.7 Å². The van der Waals surface area contributed by atoms with Crippen LogP contribution in [0.3, 0.4) is 0 Å². The minimum atomic E-state index is -0.108. The molecule has 3 aromatic rings. The van der Waals surface area contributed by atoms with Crippen molar-refractivity contribution in [3.63, 3.8) is 0 Å². The molecule has 2 aromatic carbocycles. The van der Waals surface area contributed by atoms with Crippen LogP contribution < -0.4 is 10.5 Å². The van der Waals surface area contributed by atoms with E-state index in [1.165, 1.54) is 0 Å². The molecule has 0 aliphatic heterocycles. The van der Waals surface area contributed by atoms with Crippen LogP contribution in [0.25, 0.3) is 22.0 Å². The van der Waals surface area contributed by atoms with Gasteiger partial charge in [0.05, 0.1) is 17.5 Å². The number of anilines is 1. The van der Waals surface area contributed by atoms with E-state index in [1.807, 2.05) is 30.3 Å². The Morgan fingerprint density at radius 3 is 2.45 bits per heavy atom. The first-order valence-corrected chi connectivity index (χ1v) is 6.78. The molecule has 112 valence electrons. The van der Waals surface area contributed by atoms with E-state index < -0.39 is 0 Å². The Hall–Kier alpha value is -2.86. The Morgan fingerprint density at radius 1 is 1.00 bits per heavy atom. The Labute approximate surface area is 126 Å². The number of rotatable bonds is 4. The molecule has 1 heterocycles. The summed E-state index contributed by atoms with van der Waals surface area (Å²) in [6, 6.07) is 12.5. The minimum Gasteiger partial charge on any atom is -0.508 e. The molecule has 0 spiro atoms. The molecule has 0 unspecified atom stereocenters. The average Bonchev–Trinajstić information content (AvgIpc) is 2.53. The van der Waals surface area contributed by atoms with Crippen molar-refractivity contribution in [3.8, 4) is 22.8 Å². The van der Waals surface area contributed by atoms with E-state index in [2.05, 4.69) is 9.97 Å². The van der Waals surface area contributed by atoms with Crippen LogP contribution in [0, 0.1) is 0 Å². The SMILES string of the molecule is Nc1nc(OCCO)c2cc(-c3ccc(O)cc3)ccc2n1. The number of nitrogen functional groups attached to an aromatic ring is 1. The fourth-order valence-electron chi connectivity index (χ4n) is 2.20. The predicted octanol–water partition coefficient (Wildman–Crippen LogP) is 1.96. The van der Waals surface area contributed by atoms with Crippen LogP contribution in [-0.2, 0) is 0 Å². The predicted molar refractivity (Wildman–Crippen MR) is 83.6 cm³/mol. The number of aromatic nitrogens is 2. The van der Waals surface area contributed by atoms with Crippen molar-refractivity contribution in [2.24, 2.45) is 0 Å². The summed E-state index contributed by atoms with van der Waals surface area (Å²) in [4.78, 5) is 8.26. The molecule has 4 N–H and O–H groups in total. The number of aliphatic hydroxyl groups is 1. The molecule has 0 atom stereocenters. The third kappa shape index (κ3) is 2.77. The number of hydrogen-bond donors (Lipinski definition) is 3. The molecule has 0 saturated heterocycles. The van der Waals surface area contributed by atoms with Crippen molar-refractivity contribution in [1.82, 2.24) is 9.97 Å². The molecule has 0 saturated carbocycles. The highest BCUT2D eigenvalue weighted by Gasteiger charge is 2.09. The molecule has 6 heteroatoms. The molecule has 6 nitrogen and oxygen atoms in total. The molecule has 0 amide bonds. The Morgan fingerprint density at radius 2 is 1.73 bits per heavy atom. The van der Waals surface area contributed by atoms with Crippen LogP contribution in [0.15, 0.2) is 42.5 Å². The third-order valence-corrected chi connectivity index (χ3v) is 3.21. The van der Waals surface area contributed by atoms with Gasteiger partial charge in [-0.15, -0.1) is 0 Å². The summed E-state index contributed by atoms with van der Waals surface area (Å²) < 4.78 is 5.44. The summed E-state index contributed by atoms with van der Waals surface area (Å²) >= 11 is 0. The van der Waals surface area contributed by atoms with E-state index in [0.717, 1.165) is 11.1 Å². The molecule has 22 heavy (non-hydrogen) atoms. The van der Waals surface area contributed by atoms with Crippen molar-refractivity contribution in [2.75, 3.05) is 18.9 Å². The second kappa shape index (κ2) is 5.87. The molecule has 3 rings (SSSR count). The van der Waals surface area contributed by atoms with E-state index in [-0.39, 0.29) is 24.9 Å². The van der Waals surface area contributed by atoms with Crippen molar-refractivity contribution in [3.05, 3.63) is 42.5 Å². The standard InChI is InChI=1S/C16H15N3O3/c17-16-18-14-6-3-11(10-1-4-12(21)5-2-10)9-13(14)15(19-16)22-8-7-20/h1-6,9,20-21H,7-8H2,(H2,17,18,19). The third-order valence-electron chi connectivity index (χ3n) is 3.21. The molecule has 1 aromatic heterocycles. The van der Waals surface area contributed by atoms with E-state index in [4.69, 9.17) is 15.6 Å². The fraction of sp³-hybridized carbons (Fsp3) is 0.125. The van der Waals surface area contributed by atoms with Crippen LogP contribution in [0.1, 0.15) is 0 Å². The number of phenolic OH excluding ortho intramolecular Hbond substituents is 1. The van der Waals surface area contributed by atoms with E-state index in [0.29, 0.717) is 16.8 Å². The summed E-state index contributed by atoms with van der Waals surface area (Å²) in [6.45, 7) is 0.0258. The molecular formula is C16H15N3O3. The topological polar surface area (TPSA) is 101 Å². The van der Waals surface area contributed by atoms with Gasteiger partial charge in [-0.3, -0.25) is 0 Å². The molecule has 0 aliphatic rings. The normalized spacial score (nSPS) is 10.8. The van der Waals surface area contributed by atoms with Crippen LogP contribution >= 0.6 is 0 Å². The van der Waals surface area contributed by atoms with Crippen molar-refractivity contribution < 1.29 is 14.9 Å². The summed E-state index contributed by atoms with van der Waals surface area (Å²) in [6.07, 6.45) is 0. The number of hydrogen-bond acceptors (Lipinski definition) is 6. The highest BCUT2D eigenvalue weighted by atomic mass is 16.5. The number of aromatic hydroxyl groups is 1. The maximum absolute atomic E-state index is 9.37. The van der Waals surface area contributed by atoms with Gasteiger partial charge in [0, 0.05) is 0 Å². The van der Waals surface area contributed by atoms with E-state index in [1.54, 1.807) is 12.1 Å². The Balaban J connectivity index is 2.11. The quantitative estimate of drug-likeness (QED) is 0.680. The number of benzene rings is 2. The molecule has 0 fully saturated rings. The molecule has 0 bridgehead atoms. The van der Waals surface area contributed by atoms with Crippen LogP contribution in [0.4, 0.5) is 5.95 Å². The summed E-state index contributed by atoms with van der Waals surface area (Å²) in [7, 11) is 0. The van der Waals surface area contributed by atoms with Gasteiger partial charge in [0.1, 0.15) is 12.4 Å². The lowest BCUT2D eigenvalue weighted by Gasteiger charge is -2.09. The number of ether oxygens (including phenoxy) is 1. The highest BCUT2D eigenvalue weighted by molar-refractivity contribution is 5.89. The number of aliphatic hydroxyl groups excluding tert-OH is 1. The van der Waals surface area contributed by atoms with Gasteiger partial charge in [-0.1, -0.05) is 18.2 Å². The van der Waals surface area contributed by atoms with Gasteiger partial charge in [0.15, 0.2) is 0 Å². The van der Waals surface area contributed by atoms with Gasteiger partial charge in [0.2, 0.25) is 11.8 Å². The van der Waals surface area contributed by atoms with Crippen LogP contribution in [-0.4, -0.2) is 33.4 Å². The molecule has 0 radical (unpaired) electrons. The maximum atomic E-state index is 9.37. The fourth-order valence-corrected chi connectivity index (χ4v) is 2.20. The number of nitrogens with two attached hydrogens (primary N) is 1. The lowest BCUT2D eigenvalue weighted by molar-refractivity contribution is 0.198. The average molecular weight is 297 g/mol. The van der Waals surface area contributed by atoms with Gasteiger partial charge >= 0.3 is 0 Å². The Kier molecular flexibility index (Phi) is 3.76. The van der Waals surface area contributed by atoms with Crippen LogP contribution in [0.5, 0.6) is 11.6 Å². The largest absolute Gasteiger partial charge is 0.508 e. The zero-order valence-electron chi connectivity index (χ0n) is 11.7. The van der Waals surface area contributed by atoms with Gasteiger partial charge in [-0.2, -0.15) is 4.98 Å². The van der Waals surface area contributed by atoms with Crippen molar-refractivity contribution in [1.29, 1.82) is 0 Å². The first kappa shape index (κ1) is 14.1. The van der Waals surface area contributed by atoms with Crippen LogP contribution in [0.2, 0.25) is 0 Å². The second-order valence-electron chi connectivity index (χ2n) is 4.74. The number of fused-ring (bicyclic) bond motifs is 1. The lowest BCUT2D eigenvalue weighted by atomic mass is 10.0. The Bertz CT molecular complexity index is 804. The number of nitrogens with zero attached hydrogens (tertiary/aromatic N) is 2. The monoisotopic (exact) mass is 297 g/mol. The van der Waals surface area contributed by atoms with Crippen molar-refractivity contribution >= 4 is 16.9 Å². The van der Waals surface area contributed by atoms with E-state index in [9.17, 15) is 5.11 Å². The van der Waals surface area contributed by atoms with Gasteiger partial charge in [0.25, 0.3) is 0 Å². The lowest BCUT2D eigenvalue weighted by Crippen LogP contribution is -2.06. The molecule has 0 aliphatic carbocycles. The zero-order chi connectivity index (χ0) is 15.5. The molecular weight excluding hydrogens is 282 g/mol. The zero-order valence-corrected chi connectivity index (χ0v) is 11.7. The summed E-state index contributed by atoms with van der Waals surface area (Å²) in [5.41, 5.74) is 8.23. The van der Waals surface area contributed by atoms with Gasteiger partial charge in [-0.25, -0.2) is 4.98 Å². The first-order valence-electron chi connectivity index (χ1n) is 6.78. The number of phenols is 1. The van der Waals surface area contributed by atoms with Gasteiger partial charge in [-0.05, 0) is 35.4 Å². The first-order chi connectivity index (χ1) is 10.7. The van der Waals surface area contributed by atoms with E-state index >= 15 is 0 Å². The maximum Gasteiger partial charge on any atom is 0.226 e. The summed E-state index contributed by atoms with van der Waals surface area (Å²) in [5.74, 6) is 0.683. The minimum absolute atomic E-state index is 0.108. The smallest absolute Gasteiger partial charge is 0.226 e. The highest BCUT2D eigenvalue weighted by Crippen LogP contribution is 2.29. The van der Waals surface area contributed by atoms with Crippen molar-refractivity contribution in [2.45, 2.75) is 0 Å².